The maximum absolute atomic E-state index is 13.3. The minimum atomic E-state index is -4.51. The van der Waals surface area contributed by atoms with Gasteiger partial charge in [0.2, 0.25) is 0 Å². The number of aromatic nitrogens is 3. The summed E-state index contributed by atoms with van der Waals surface area (Å²) >= 11 is 0. The maximum Gasteiger partial charge on any atom is 0.416 e. The average Bonchev–Trinajstić information content (AvgIpc) is 3.17. The van der Waals surface area contributed by atoms with E-state index in [0.29, 0.717) is 29.8 Å². The minimum absolute atomic E-state index is 0.0954. The van der Waals surface area contributed by atoms with Crippen LogP contribution in [-0.2, 0) is 6.18 Å². The van der Waals surface area contributed by atoms with E-state index in [1.165, 1.54) is 12.4 Å². The number of hydrogen-bond acceptors (Lipinski definition) is 5. The molecule has 1 saturated heterocycles. The number of H-pyrrole nitrogens is 1. The Labute approximate surface area is 164 Å². The zero-order valence-electron chi connectivity index (χ0n) is 15.6. The van der Waals surface area contributed by atoms with E-state index < -0.39 is 17.6 Å². The Kier molecular flexibility index (Phi) is 4.87. The molecule has 7 nitrogen and oxygen atoms in total. The van der Waals surface area contributed by atoms with Gasteiger partial charge in [0.25, 0.3) is 5.91 Å². The first-order valence-corrected chi connectivity index (χ1v) is 9.07. The van der Waals surface area contributed by atoms with Crippen LogP contribution in [0.1, 0.15) is 16.1 Å². The highest BCUT2D eigenvalue weighted by Crippen LogP contribution is 2.36. The monoisotopic (exact) mass is 404 g/mol. The van der Waals surface area contributed by atoms with Gasteiger partial charge in [-0.1, -0.05) is 0 Å². The number of likely N-dealkylation sites (N-methyl/N-ethyl adjacent to an activating group) is 1. The summed E-state index contributed by atoms with van der Waals surface area (Å²) in [5.74, 6) is -0.591. The van der Waals surface area contributed by atoms with E-state index >= 15 is 0 Å². The zero-order chi connectivity index (χ0) is 20.6. The fraction of sp³-hybridized carbons (Fsp3) is 0.316. The Bertz CT molecular complexity index is 1040. The maximum atomic E-state index is 13.3. The highest BCUT2D eigenvalue weighted by Gasteiger charge is 2.32. The van der Waals surface area contributed by atoms with Gasteiger partial charge in [-0.3, -0.25) is 4.79 Å². The summed E-state index contributed by atoms with van der Waals surface area (Å²) < 4.78 is 39.8. The topological polar surface area (TPSA) is 77.2 Å². The number of benzene rings is 1. The molecular formula is C19H19F3N6O. The van der Waals surface area contributed by atoms with Crippen LogP contribution in [0.4, 0.5) is 24.5 Å². The molecule has 0 spiro atoms. The van der Waals surface area contributed by atoms with Crippen LogP contribution in [0.5, 0.6) is 0 Å². The highest BCUT2D eigenvalue weighted by atomic mass is 19.4. The fourth-order valence-electron chi connectivity index (χ4n) is 3.37. The van der Waals surface area contributed by atoms with Crippen LogP contribution in [0.25, 0.3) is 11.0 Å². The van der Waals surface area contributed by atoms with E-state index in [1.807, 2.05) is 11.9 Å². The number of alkyl halides is 3. The number of amides is 1. The fourth-order valence-corrected chi connectivity index (χ4v) is 3.37. The molecule has 152 valence electrons. The third-order valence-corrected chi connectivity index (χ3v) is 4.99. The van der Waals surface area contributed by atoms with Crippen molar-refractivity contribution in [2.24, 2.45) is 0 Å². The van der Waals surface area contributed by atoms with E-state index in [-0.39, 0.29) is 11.4 Å². The first-order chi connectivity index (χ1) is 13.8. The van der Waals surface area contributed by atoms with Crippen LogP contribution in [0, 0.1) is 0 Å². The van der Waals surface area contributed by atoms with Crippen molar-refractivity contribution in [3.05, 3.63) is 48.0 Å². The first-order valence-electron chi connectivity index (χ1n) is 9.07. The van der Waals surface area contributed by atoms with E-state index in [9.17, 15) is 18.0 Å². The number of carbonyl (C=O) groups excluding carboxylic acids is 1. The number of fused-ring (bicyclic) bond motifs is 1. The summed E-state index contributed by atoms with van der Waals surface area (Å²) in [5, 5.41) is 3.13. The molecule has 0 unspecified atom stereocenters. The van der Waals surface area contributed by atoms with Gasteiger partial charge in [0.1, 0.15) is 17.7 Å². The van der Waals surface area contributed by atoms with Crippen molar-refractivity contribution in [1.82, 2.24) is 19.9 Å². The normalized spacial score (nSPS) is 15.7. The molecule has 1 aliphatic rings. The second-order valence-corrected chi connectivity index (χ2v) is 6.94. The molecule has 2 aromatic heterocycles. The van der Waals surface area contributed by atoms with Crippen molar-refractivity contribution in [1.29, 1.82) is 0 Å². The van der Waals surface area contributed by atoms with Crippen molar-refractivity contribution in [2.45, 2.75) is 6.18 Å². The molecule has 29 heavy (non-hydrogen) atoms. The SMILES string of the molecule is CN1CCN(c2ccc(C(F)(F)F)cc2NC(=O)c2ncnc3[nH]ccc23)CC1. The van der Waals surface area contributed by atoms with Gasteiger partial charge in [0, 0.05) is 32.4 Å². The van der Waals surface area contributed by atoms with E-state index in [2.05, 4.69) is 25.2 Å². The number of carbonyl (C=O) groups is 1. The van der Waals surface area contributed by atoms with Gasteiger partial charge in [0.05, 0.1) is 22.3 Å². The molecule has 0 atom stereocenters. The van der Waals surface area contributed by atoms with Crippen LogP contribution in [0.3, 0.4) is 0 Å². The molecule has 10 heteroatoms. The lowest BCUT2D eigenvalue weighted by Crippen LogP contribution is -2.44. The number of rotatable bonds is 3. The molecule has 1 amide bonds. The van der Waals surface area contributed by atoms with Gasteiger partial charge in [-0.15, -0.1) is 0 Å². The lowest BCUT2D eigenvalue weighted by Gasteiger charge is -2.35. The number of nitrogens with one attached hydrogen (secondary N) is 2. The standard InChI is InChI=1S/C19H19F3N6O/c1-27-6-8-28(9-7-27)15-3-2-12(19(20,21)22)10-14(15)26-18(29)16-13-4-5-23-17(13)25-11-24-16/h2-5,10-11H,6-9H2,1H3,(H,26,29)(H,23,24,25). The third-order valence-electron chi connectivity index (χ3n) is 4.99. The molecule has 1 fully saturated rings. The molecule has 0 saturated carbocycles. The van der Waals surface area contributed by atoms with E-state index in [0.717, 1.165) is 25.2 Å². The number of halogens is 3. The average molecular weight is 404 g/mol. The minimum Gasteiger partial charge on any atom is -0.367 e. The summed E-state index contributed by atoms with van der Waals surface area (Å²) in [4.78, 5) is 27.9. The molecule has 4 rings (SSSR count). The predicted octanol–water partition coefficient (Wildman–Crippen LogP) is 2.98. The summed E-state index contributed by atoms with van der Waals surface area (Å²) in [7, 11) is 1.99. The lowest BCUT2D eigenvalue weighted by molar-refractivity contribution is -0.137. The summed E-state index contributed by atoms with van der Waals surface area (Å²) in [5.41, 5.74) is 0.419. The molecule has 2 N–H and O–H groups in total. The smallest absolute Gasteiger partial charge is 0.367 e. The Morgan fingerprint density at radius 1 is 1.14 bits per heavy atom. The van der Waals surface area contributed by atoms with E-state index in [1.54, 1.807) is 12.3 Å². The second kappa shape index (κ2) is 7.36. The van der Waals surface area contributed by atoms with Crippen molar-refractivity contribution in [3.63, 3.8) is 0 Å². The Morgan fingerprint density at radius 2 is 1.90 bits per heavy atom. The Morgan fingerprint density at radius 3 is 2.62 bits per heavy atom. The molecule has 0 bridgehead atoms. The van der Waals surface area contributed by atoms with Crippen molar-refractivity contribution in [3.8, 4) is 0 Å². The molecular weight excluding hydrogens is 385 g/mol. The van der Waals surface area contributed by atoms with Gasteiger partial charge >= 0.3 is 6.18 Å². The van der Waals surface area contributed by atoms with Gasteiger partial charge in [-0.2, -0.15) is 13.2 Å². The molecule has 0 radical (unpaired) electrons. The predicted molar refractivity (Wildman–Crippen MR) is 103 cm³/mol. The quantitative estimate of drug-likeness (QED) is 0.702. The summed E-state index contributed by atoms with van der Waals surface area (Å²) in [6.07, 6.45) is -1.65. The first kappa shape index (κ1) is 19.2. The van der Waals surface area contributed by atoms with E-state index in [4.69, 9.17) is 0 Å². The highest BCUT2D eigenvalue weighted by molar-refractivity contribution is 6.11. The zero-order valence-corrected chi connectivity index (χ0v) is 15.6. The van der Waals surface area contributed by atoms with Crippen molar-refractivity contribution in [2.75, 3.05) is 43.4 Å². The Balaban J connectivity index is 1.70. The number of piperazine rings is 1. The van der Waals surface area contributed by atoms with Crippen LogP contribution in [-0.4, -0.2) is 59.0 Å². The van der Waals surface area contributed by atoms with Gasteiger partial charge in [0.15, 0.2) is 0 Å². The largest absolute Gasteiger partial charge is 0.416 e. The van der Waals surface area contributed by atoms with Gasteiger partial charge < -0.3 is 20.1 Å². The van der Waals surface area contributed by atoms with Crippen LogP contribution in [0.2, 0.25) is 0 Å². The Hall–Kier alpha value is -3.14. The number of anilines is 2. The van der Waals surface area contributed by atoms with Crippen LogP contribution in [0.15, 0.2) is 36.8 Å². The molecule has 1 aliphatic heterocycles. The molecule has 1 aromatic carbocycles. The second-order valence-electron chi connectivity index (χ2n) is 6.94. The summed E-state index contributed by atoms with van der Waals surface area (Å²) in [6, 6.07) is 5.08. The third kappa shape index (κ3) is 3.88. The molecule has 0 aliphatic carbocycles. The lowest BCUT2D eigenvalue weighted by atomic mass is 10.1. The molecule has 3 heterocycles. The van der Waals surface area contributed by atoms with Crippen LogP contribution >= 0.6 is 0 Å². The number of hydrogen-bond donors (Lipinski definition) is 2. The molecule has 3 aromatic rings. The number of aromatic amines is 1. The van der Waals surface area contributed by atoms with Gasteiger partial charge in [-0.25, -0.2) is 9.97 Å². The van der Waals surface area contributed by atoms with Crippen molar-refractivity contribution >= 4 is 28.3 Å². The van der Waals surface area contributed by atoms with Crippen LogP contribution < -0.4 is 10.2 Å². The number of nitrogens with zero attached hydrogens (tertiary/aromatic N) is 4. The summed E-state index contributed by atoms with van der Waals surface area (Å²) in [6.45, 7) is 2.87. The van der Waals surface area contributed by atoms with Crippen molar-refractivity contribution < 1.29 is 18.0 Å². The van der Waals surface area contributed by atoms with Gasteiger partial charge in [-0.05, 0) is 31.3 Å².